The lowest BCUT2D eigenvalue weighted by molar-refractivity contribution is 0.0970. The molecule has 3 heterocycles. The van der Waals surface area contributed by atoms with Gasteiger partial charge in [-0.1, -0.05) is 56.0 Å². The second-order valence-electron chi connectivity index (χ2n) is 9.37. The van der Waals surface area contributed by atoms with Crippen LogP contribution in [-0.2, 0) is 0 Å². The number of unbranched alkanes of at least 4 members (excludes halogenated alkanes) is 3. The molecule has 0 fully saturated rings. The molecule has 6 nitrogen and oxygen atoms in total. The Hall–Kier alpha value is -3.93. The zero-order valence-electron chi connectivity index (χ0n) is 20.9. The smallest absolute Gasteiger partial charge is 0.296 e. The van der Waals surface area contributed by atoms with Crippen LogP contribution in [0, 0.1) is 13.8 Å². The van der Waals surface area contributed by atoms with Gasteiger partial charge in [0.15, 0.2) is 5.43 Å². The highest BCUT2D eigenvalue weighted by Gasteiger charge is 2.44. The van der Waals surface area contributed by atoms with Gasteiger partial charge in [-0.15, -0.1) is 0 Å². The number of hydrogen-bond acceptors (Lipinski definition) is 5. The second-order valence-corrected chi connectivity index (χ2v) is 9.37. The third-order valence-electron chi connectivity index (χ3n) is 6.61. The van der Waals surface area contributed by atoms with Gasteiger partial charge in [-0.05, 0) is 62.2 Å². The molecule has 4 aromatic rings. The van der Waals surface area contributed by atoms with Crippen LogP contribution >= 0.6 is 0 Å². The molecule has 1 amide bonds. The number of hydrogen-bond donors (Lipinski definition) is 0. The maximum Gasteiger partial charge on any atom is 0.296 e. The number of aromatic nitrogens is 1. The van der Waals surface area contributed by atoms with Crippen LogP contribution in [-0.4, -0.2) is 17.5 Å². The lowest BCUT2D eigenvalue weighted by Crippen LogP contribution is -2.30. The maximum atomic E-state index is 13.8. The van der Waals surface area contributed by atoms with E-state index in [4.69, 9.17) is 9.15 Å². The van der Waals surface area contributed by atoms with Crippen LogP contribution in [0.15, 0.2) is 69.9 Å². The summed E-state index contributed by atoms with van der Waals surface area (Å²) >= 11 is 0. The standard InChI is InChI=1S/C30H30N2O4/c1-4-5-6-7-17-35-22-14-12-21(13-15-22)27-26-28(33)23-18-19(2)11-16-24(23)36-29(26)30(34)32(27)25-10-8-9-20(3)31-25/h8-16,18,27H,4-7,17H2,1-3H3/t27-/m0/s1. The molecule has 0 aliphatic carbocycles. The highest BCUT2D eigenvalue weighted by molar-refractivity contribution is 6.10. The Balaban J connectivity index is 1.58. The minimum Gasteiger partial charge on any atom is -0.494 e. The first-order valence-electron chi connectivity index (χ1n) is 12.5. The van der Waals surface area contributed by atoms with Crippen LogP contribution < -0.4 is 15.1 Å². The molecule has 0 spiro atoms. The Kier molecular flexibility index (Phi) is 6.59. The van der Waals surface area contributed by atoms with Gasteiger partial charge in [0, 0.05) is 5.69 Å². The van der Waals surface area contributed by atoms with Crippen LogP contribution in [0.2, 0.25) is 0 Å². The highest BCUT2D eigenvalue weighted by atomic mass is 16.5. The molecule has 2 aromatic heterocycles. The Bertz CT molecular complexity index is 1470. The van der Waals surface area contributed by atoms with Gasteiger partial charge in [0.25, 0.3) is 5.91 Å². The molecule has 0 N–H and O–H groups in total. The lowest BCUT2D eigenvalue weighted by Gasteiger charge is -2.24. The van der Waals surface area contributed by atoms with E-state index in [9.17, 15) is 9.59 Å². The van der Waals surface area contributed by atoms with Gasteiger partial charge in [0.05, 0.1) is 23.6 Å². The van der Waals surface area contributed by atoms with Gasteiger partial charge in [-0.25, -0.2) is 4.98 Å². The fourth-order valence-corrected chi connectivity index (χ4v) is 4.77. The van der Waals surface area contributed by atoms with Gasteiger partial charge < -0.3 is 9.15 Å². The van der Waals surface area contributed by atoms with Gasteiger partial charge in [0.1, 0.15) is 17.2 Å². The zero-order chi connectivity index (χ0) is 25.2. The molecule has 6 heteroatoms. The normalized spacial score (nSPS) is 14.9. The van der Waals surface area contributed by atoms with Crippen LogP contribution in [0.4, 0.5) is 5.82 Å². The largest absolute Gasteiger partial charge is 0.494 e. The number of amides is 1. The van der Waals surface area contributed by atoms with Crippen LogP contribution in [0.5, 0.6) is 5.75 Å². The van der Waals surface area contributed by atoms with Gasteiger partial charge >= 0.3 is 0 Å². The number of pyridine rings is 1. The fourth-order valence-electron chi connectivity index (χ4n) is 4.77. The molecule has 0 unspecified atom stereocenters. The Morgan fingerprint density at radius 2 is 1.78 bits per heavy atom. The van der Waals surface area contributed by atoms with E-state index in [1.807, 2.05) is 62.4 Å². The summed E-state index contributed by atoms with van der Waals surface area (Å²) < 4.78 is 12.0. The Morgan fingerprint density at radius 1 is 0.972 bits per heavy atom. The van der Waals surface area contributed by atoms with Crippen molar-refractivity contribution in [2.45, 2.75) is 52.5 Å². The Labute approximate surface area is 210 Å². The first-order chi connectivity index (χ1) is 17.5. The van der Waals surface area contributed by atoms with Crippen LogP contribution in [0.1, 0.15) is 71.6 Å². The minimum atomic E-state index is -0.651. The number of carbonyl (C=O) groups is 1. The van der Waals surface area contributed by atoms with Crippen molar-refractivity contribution in [3.05, 3.63) is 99.0 Å². The van der Waals surface area contributed by atoms with E-state index in [1.165, 1.54) is 12.8 Å². The molecule has 0 radical (unpaired) electrons. The van der Waals surface area contributed by atoms with Crippen LogP contribution in [0.25, 0.3) is 11.0 Å². The molecule has 1 atom stereocenters. The number of benzene rings is 2. The van der Waals surface area contributed by atoms with Gasteiger partial charge in [-0.2, -0.15) is 0 Å². The van der Waals surface area contributed by atoms with E-state index in [2.05, 4.69) is 11.9 Å². The molecule has 0 saturated carbocycles. The average Bonchev–Trinajstić information content (AvgIpc) is 3.17. The van der Waals surface area contributed by atoms with E-state index in [0.29, 0.717) is 29.0 Å². The molecule has 0 bridgehead atoms. The summed E-state index contributed by atoms with van der Waals surface area (Å²) in [6.07, 6.45) is 4.56. The number of fused-ring (bicyclic) bond motifs is 2. The summed E-state index contributed by atoms with van der Waals surface area (Å²) in [6, 6.07) is 17.9. The topological polar surface area (TPSA) is 72.6 Å². The molecular formula is C30H30N2O4. The predicted molar refractivity (Wildman–Crippen MR) is 141 cm³/mol. The monoisotopic (exact) mass is 482 g/mol. The number of anilines is 1. The van der Waals surface area contributed by atoms with Crippen molar-refractivity contribution in [3.8, 4) is 5.75 Å². The average molecular weight is 483 g/mol. The first kappa shape index (κ1) is 23.8. The molecular weight excluding hydrogens is 452 g/mol. The molecule has 2 aromatic carbocycles. The summed E-state index contributed by atoms with van der Waals surface area (Å²) in [7, 11) is 0. The van der Waals surface area contributed by atoms with E-state index in [0.717, 1.165) is 35.4 Å². The van der Waals surface area contributed by atoms with Crippen molar-refractivity contribution in [2.24, 2.45) is 0 Å². The predicted octanol–water partition coefficient (Wildman–Crippen LogP) is 6.51. The van der Waals surface area contributed by atoms with E-state index >= 15 is 0 Å². The van der Waals surface area contributed by atoms with E-state index in [1.54, 1.807) is 17.0 Å². The van der Waals surface area contributed by atoms with E-state index < -0.39 is 6.04 Å². The van der Waals surface area contributed by atoms with Crippen molar-refractivity contribution >= 4 is 22.7 Å². The molecule has 5 rings (SSSR count). The zero-order valence-corrected chi connectivity index (χ0v) is 20.9. The summed E-state index contributed by atoms with van der Waals surface area (Å²) in [5, 5.41) is 0.470. The van der Waals surface area contributed by atoms with Gasteiger partial charge in [0.2, 0.25) is 5.76 Å². The number of nitrogens with zero attached hydrogens (tertiary/aromatic N) is 2. The fraction of sp³-hybridized carbons (Fsp3) is 0.300. The Morgan fingerprint density at radius 3 is 2.53 bits per heavy atom. The SMILES string of the molecule is CCCCCCOc1ccc([C@H]2c3c(oc4ccc(C)cc4c3=O)C(=O)N2c2cccc(C)n2)cc1. The van der Waals surface area contributed by atoms with Gasteiger partial charge in [-0.3, -0.25) is 14.5 Å². The number of ether oxygens (including phenoxy) is 1. The van der Waals surface area contributed by atoms with E-state index in [-0.39, 0.29) is 17.1 Å². The minimum absolute atomic E-state index is 0.0703. The molecule has 1 aliphatic heterocycles. The van der Waals surface area contributed by atoms with Crippen molar-refractivity contribution < 1.29 is 13.9 Å². The third-order valence-corrected chi connectivity index (χ3v) is 6.61. The highest BCUT2D eigenvalue weighted by Crippen LogP contribution is 2.41. The summed E-state index contributed by atoms with van der Waals surface area (Å²) in [5.74, 6) is 0.943. The first-order valence-corrected chi connectivity index (χ1v) is 12.5. The van der Waals surface area contributed by atoms with Crippen molar-refractivity contribution in [3.63, 3.8) is 0 Å². The lowest BCUT2D eigenvalue weighted by atomic mass is 9.98. The summed E-state index contributed by atoms with van der Waals surface area (Å²) in [6.45, 7) is 6.65. The molecule has 184 valence electrons. The molecule has 36 heavy (non-hydrogen) atoms. The van der Waals surface area contributed by atoms with Crippen molar-refractivity contribution in [2.75, 3.05) is 11.5 Å². The number of aryl methyl sites for hydroxylation is 2. The number of rotatable bonds is 8. The third kappa shape index (κ3) is 4.39. The number of carbonyl (C=O) groups excluding carboxylic acids is 1. The quantitative estimate of drug-likeness (QED) is 0.268. The molecule has 0 saturated heterocycles. The van der Waals surface area contributed by atoms with Crippen molar-refractivity contribution in [1.82, 2.24) is 4.98 Å². The van der Waals surface area contributed by atoms with Crippen molar-refractivity contribution in [1.29, 1.82) is 0 Å². The van der Waals surface area contributed by atoms with Crippen LogP contribution in [0.3, 0.4) is 0 Å². The second kappa shape index (κ2) is 9.97. The summed E-state index contributed by atoms with van der Waals surface area (Å²) in [5.41, 5.74) is 3.08. The summed E-state index contributed by atoms with van der Waals surface area (Å²) in [4.78, 5) is 33.6. The molecule has 1 aliphatic rings. The maximum absolute atomic E-state index is 13.8.